The van der Waals surface area contributed by atoms with Crippen molar-refractivity contribution in [1.82, 2.24) is 0 Å². The Labute approximate surface area is 99.0 Å². The van der Waals surface area contributed by atoms with E-state index in [4.69, 9.17) is 0 Å². The summed E-state index contributed by atoms with van der Waals surface area (Å²) in [6.07, 6.45) is 13.2. The Bertz CT molecular complexity index is 253. The lowest BCUT2D eigenvalue weighted by Gasteiger charge is -2.20. The predicted molar refractivity (Wildman–Crippen MR) is 65.1 cm³/mol. The number of hydrogen-bond donors (Lipinski definition) is 0. The van der Waals surface area contributed by atoms with Gasteiger partial charge in [0, 0.05) is 12.3 Å². The van der Waals surface area contributed by atoms with Crippen LogP contribution in [0.15, 0.2) is 0 Å². The molecule has 16 heavy (non-hydrogen) atoms. The van der Waals surface area contributed by atoms with Crippen LogP contribution >= 0.6 is 0 Å². The Hall–Kier alpha value is -0.330. The lowest BCUT2D eigenvalue weighted by Crippen LogP contribution is -2.14. The molecule has 0 saturated heterocycles. The average Bonchev–Trinajstić information content (AvgIpc) is 3.04. The molecule has 1 heteroatoms. The number of rotatable bonds is 3. The van der Waals surface area contributed by atoms with Gasteiger partial charge in [0.15, 0.2) is 0 Å². The monoisotopic (exact) mass is 220 g/mol. The van der Waals surface area contributed by atoms with E-state index in [0.29, 0.717) is 11.7 Å². The van der Waals surface area contributed by atoms with E-state index < -0.39 is 0 Å². The molecule has 0 amide bonds. The second-order valence-electron chi connectivity index (χ2n) is 6.31. The van der Waals surface area contributed by atoms with Gasteiger partial charge in [0.25, 0.3) is 0 Å². The maximum absolute atomic E-state index is 12.2. The van der Waals surface area contributed by atoms with Crippen LogP contribution in [0.25, 0.3) is 0 Å². The molecule has 0 heterocycles. The zero-order valence-electron chi connectivity index (χ0n) is 10.3. The fourth-order valence-corrected chi connectivity index (χ4v) is 4.28. The summed E-state index contributed by atoms with van der Waals surface area (Å²) in [7, 11) is 0. The van der Waals surface area contributed by atoms with E-state index in [1.165, 1.54) is 57.8 Å². The summed E-state index contributed by atoms with van der Waals surface area (Å²) < 4.78 is 0. The highest BCUT2D eigenvalue weighted by Gasteiger charge is 2.54. The van der Waals surface area contributed by atoms with Crippen LogP contribution in [-0.2, 0) is 4.79 Å². The maximum atomic E-state index is 12.2. The van der Waals surface area contributed by atoms with Crippen LogP contribution in [0.4, 0.5) is 0 Å². The molecule has 2 unspecified atom stereocenters. The molecule has 0 spiro atoms. The van der Waals surface area contributed by atoms with E-state index in [9.17, 15) is 4.79 Å². The fourth-order valence-electron chi connectivity index (χ4n) is 4.28. The van der Waals surface area contributed by atoms with Crippen molar-refractivity contribution in [2.45, 2.75) is 64.2 Å². The van der Waals surface area contributed by atoms with Gasteiger partial charge in [-0.1, -0.05) is 44.9 Å². The number of hydrogen-bond acceptors (Lipinski definition) is 1. The minimum absolute atomic E-state index is 0.518. The third kappa shape index (κ3) is 2.06. The van der Waals surface area contributed by atoms with Crippen LogP contribution in [0.1, 0.15) is 64.2 Å². The Morgan fingerprint density at radius 3 is 2.00 bits per heavy atom. The molecule has 0 bridgehead atoms. The zero-order valence-corrected chi connectivity index (χ0v) is 10.3. The Morgan fingerprint density at radius 1 is 0.812 bits per heavy atom. The minimum atomic E-state index is 0.518. The molecular formula is C15H24O. The fraction of sp³-hybridized carbons (Fsp3) is 0.933. The van der Waals surface area contributed by atoms with Crippen LogP contribution in [0, 0.1) is 23.7 Å². The predicted octanol–water partition coefficient (Wildman–Crippen LogP) is 3.96. The molecule has 0 aromatic carbocycles. The van der Waals surface area contributed by atoms with Crippen molar-refractivity contribution in [3.8, 4) is 0 Å². The van der Waals surface area contributed by atoms with E-state index in [0.717, 1.165) is 24.2 Å². The third-order valence-corrected chi connectivity index (χ3v) is 5.24. The summed E-state index contributed by atoms with van der Waals surface area (Å²) in [5.74, 6) is 3.56. The molecule has 0 aromatic rings. The number of Topliss-reactive ketones (excluding diaryl/α,β-unsaturated/α-hetero) is 1. The lowest BCUT2D eigenvalue weighted by molar-refractivity contribution is -0.122. The van der Waals surface area contributed by atoms with Gasteiger partial charge in [-0.3, -0.25) is 4.79 Å². The molecular weight excluding hydrogens is 196 g/mol. The van der Waals surface area contributed by atoms with Crippen LogP contribution in [-0.4, -0.2) is 5.78 Å². The molecule has 0 N–H and O–H groups in total. The number of ketones is 1. The average molecular weight is 220 g/mol. The van der Waals surface area contributed by atoms with Crippen molar-refractivity contribution in [3.63, 3.8) is 0 Å². The molecule has 0 aliphatic heterocycles. The van der Waals surface area contributed by atoms with Gasteiger partial charge in [-0.05, 0) is 30.6 Å². The minimum Gasteiger partial charge on any atom is -0.299 e. The third-order valence-electron chi connectivity index (χ3n) is 5.24. The summed E-state index contributed by atoms with van der Waals surface area (Å²) in [6.45, 7) is 0. The number of carbonyl (C=O) groups excluding carboxylic acids is 1. The van der Waals surface area contributed by atoms with Gasteiger partial charge in [-0.2, -0.15) is 0 Å². The first-order valence-corrected chi connectivity index (χ1v) is 7.39. The molecule has 0 radical (unpaired) electrons. The van der Waals surface area contributed by atoms with Crippen LogP contribution < -0.4 is 0 Å². The lowest BCUT2D eigenvalue weighted by atomic mass is 9.85. The van der Waals surface area contributed by atoms with Gasteiger partial charge >= 0.3 is 0 Å². The smallest absolute Gasteiger partial charge is 0.136 e. The van der Waals surface area contributed by atoms with Crippen molar-refractivity contribution < 1.29 is 4.79 Å². The molecule has 3 aliphatic rings. The highest BCUT2D eigenvalue weighted by atomic mass is 16.1. The van der Waals surface area contributed by atoms with Gasteiger partial charge in [-0.15, -0.1) is 0 Å². The van der Waals surface area contributed by atoms with Gasteiger partial charge in [0.05, 0.1) is 0 Å². The highest BCUT2D eigenvalue weighted by molar-refractivity contribution is 5.84. The standard InChI is InChI=1S/C15H24O/c16-14(10-11-6-2-1-3-7-11)15-12-8-4-5-9-13(12)15/h11-13,15H,1-10H2. The van der Waals surface area contributed by atoms with Crippen LogP contribution in [0.5, 0.6) is 0 Å². The summed E-state index contributed by atoms with van der Waals surface area (Å²) in [6, 6.07) is 0. The van der Waals surface area contributed by atoms with E-state index >= 15 is 0 Å². The van der Waals surface area contributed by atoms with Crippen LogP contribution in [0.2, 0.25) is 0 Å². The Balaban J connectivity index is 1.50. The summed E-state index contributed by atoms with van der Waals surface area (Å²) in [5, 5.41) is 0. The maximum Gasteiger partial charge on any atom is 0.136 e. The molecule has 1 nitrogen and oxygen atoms in total. The van der Waals surface area contributed by atoms with Crippen molar-refractivity contribution >= 4 is 5.78 Å². The molecule has 3 aliphatic carbocycles. The first-order chi connectivity index (χ1) is 7.86. The van der Waals surface area contributed by atoms with Gasteiger partial charge in [-0.25, -0.2) is 0 Å². The largest absolute Gasteiger partial charge is 0.299 e. The van der Waals surface area contributed by atoms with Gasteiger partial charge < -0.3 is 0 Å². The Kier molecular flexibility index (Phi) is 3.04. The van der Waals surface area contributed by atoms with Crippen molar-refractivity contribution in [3.05, 3.63) is 0 Å². The second-order valence-corrected chi connectivity index (χ2v) is 6.31. The highest BCUT2D eigenvalue weighted by Crippen LogP contribution is 2.56. The SMILES string of the molecule is O=C(CC1CCCCC1)C1C2CCCCC21. The molecule has 3 saturated carbocycles. The van der Waals surface area contributed by atoms with E-state index in [-0.39, 0.29) is 0 Å². The molecule has 0 aromatic heterocycles. The molecule has 2 atom stereocenters. The number of fused-ring (bicyclic) bond motifs is 1. The van der Waals surface area contributed by atoms with Crippen molar-refractivity contribution in [1.29, 1.82) is 0 Å². The topological polar surface area (TPSA) is 17.1 Å². The van der Waals surface area contributed by atoms with E-state index in [2.05, 4.69) is 0 Å². The second kappa shape index (κ2) is 4.50. The summed E-state index contributed by atoms with van der Waals surface area (Å²) in [4.78, 5) is 12.2. The summed E-state index contributed by atoms with van der Waals surface area (Å²) >= 11 is 0. The normalized spacial score (nSPS) is 39.1. The van der Waals surface area contributed by atoms with Gasteiger partial charge in [0.2, 0.25) is 0 Å². The van der Waals surface area contributed by atoms with Crippen molar-refractivity contribution in [2.24, 2.45) is 23.7 Å². The zero-order chi connectivity index (χ0) is 11.0. The summed E-state index contributed by atoms with van der Waals surface area (Å²) in [5.41, 5.74) is 0. The van der Waals surface area contributed by atoms with Crippen LogP contribution in [0.3, 0.4) is 0 Å². The van der Waals surface area contributed by atoms with Crippen molar-refractivity contribution in [2.75, 3.05) is 0 Å². The first-order valence-electron chi connectivity index (χ1n) is 7.39. The number of carbonyl (C=O) groups is 1. The first kappa shape index (κ1) is 10.8. The molecule has 90 valence electrons. The molecule has 3 rings (SSSR count). The van der Waals surface area contributed by atoms with Gasteiger partial charge in [0.1, 0.15) is 5.78 Å². The Morgan fingerprint density at radius 2 is 1.38 bits per heavy atom. The van der Waals surface area contributed by atoms with E-state index in [1.54, 1.807) is 0 Å². The quantitative estimate of drug-likeness (QED) is 0.703. The molecule has 3 fully saturated rings. The van der Waals surface area contributed by atoms with E-state index in [1.807, 2.05) is 0 Å².